The number of nitrogens with one attached hydrogen (secondary N) is 3. The van der Waals surface area contributed by atoms with E-state index < -0.39 is 6.03 Å². The second-order valence-electron chi connectivity index (χ2n) is 5.33. The fraction of sp³-hybridized carbons (Fsp3) is 0.857. The first-order chi connectivity index (χ1) is 10.2. The molecule has 1 heterocycles. The van der Waals surface area contributed by atoms with Gasteiger partial charge in [-0.05, 0) is 32.4 Å². The number of urea groups is 1. The van der Waals surface area contributed by atoms with Crippen molar-refractivity contribution in [3.8, 4) is 0 Å². The second-order valence-corrected chi connectivity index (χ2v) is 5.33. The number of carbonyl (C=O) groups is 2. The smallest absolute Gasteiger partial charge is 0.321 e. The highest BCUT2D eigenvalue weighted by molar-refractivity contribution is 5.95. The Bertz CT molecular complexity index is 319. The van der Waals surface area contributed by atoms with Crippen molar-refractivity contribution in [2.75, 3.05) is 46.4 Å². The molecule has 1 rings (SSSR count). The van der Waals surface area contributed by atoms with Crippen LogP contribution in [0, 0.1) is 0 Å². The van der Waals surface area contributed by atoms with E-state index >= 15 is 0 Å². The van der Waals surface area contributed by atoms with Gasteiger partial charge in [0.1, 0.15) is 0 Å². The fourth-order valence-electron chi connectivity index (χ4n) is 2.46. The highest BCUT2D eigenvalue weighted by Crippen LogP contribution is 2.07. The van der Waals surface area contributed by atoms with E-state index in [-0.39, 0.29) is 12.5 Å². The molecule has 1 atom stereocenters. The lowest BCUT2D eigenvalue weighted by molar-refractivity contribution is -0.121. The summed E-state index contributed by atoms with van der Waals surface area (Å²) in [7, 11) is 1.56. The van der Waals surface area contributed by atoms with E-state index in [0.717, 1.165) is 32.5 Å². The number of ether oxygens (including phenoxy) is 1. The minimum Gasteiger partial charge on any atom is -0.383 e. The lowest BCUT2D eigenvalue weighted by atomic mass is 10.2. The zero-order chi connectivity index (χ0) is 15.5. The van der Waals surface area contributed by atoms with Crippen LogP contribution >= 0.6 is 0 Å². The third kappa shape index (κ3) is 7.99. The summed E-state index contributed by atoms with van der Waals surface area (Å²) in [4.78, 5) is 25.5. The molecule has 1 aliphatic heterocycles. The summed E-state index contributed by atoms with van der Waals surface area (Å²) in [5.41, 5.74) is 0. The molecule has 0 aromatic heterocycles. The van der Waals surface area contributed by atoms with Gasteiger partial charge in [-0.3, -0.25) is 15.0 Å². The van der Waals surface area contributed by atoms with Crippen LogP contribution in [0.3, 0.4) is 0 Å². The summed E-state index contributed by atoms with van der Waals surface area (Å²) in [5, 5.41) is 8.34. The molecule has 0 aromatic rings. The highest BCUT2D eigenvalue weighted by atomic mass is 16.5. The van der Waals surface area contributed by atoms with Crippen LogP contribution in [-0.4, -0.2) is 69.3 Å². The van der Waals surface area contributed by atoms with Crippen molar-refractivity contribution in [3.05, 3.63) is 0 Å². The molecule has 0 spiro atoms. The quantitative estimate of drug-likeness (QED) is 0.519. The normalized spacial score (nSPS) is 18.0. The maximum atomic E-state index is 11.9. The topological polar surface area (TPSA) is 82.7 Å². The van der Waals surface area contributed by atoms with E-state index in [1.54, 1.807) is 7.11 Å². The second kappa shape index (κ2) is 10.5. The number of nitrogens with zero attached hydrogens (tertiary/aromatic N) is 1. The van der Waals surface area contributed by atoms with Gasteiger partial charge in [-0.2, -0.15) is 0 Å². The van der Waals surface area contributed by atoms with Gasteiger partial charge < -0.3 is 15.4 Å². The maximum absolute atomic E-state index is 11.9. The van der Waals surface area contributed by atoms with E-state index in [1.165, 1.54) is 6.42 Å². The molecular formula is C14H28N4O3. The van der Waals surface area contributed by atoms with Crippen LogP contribution in [0.1, 0.15) is 26.2 Å². The monoisotopic (exact) mass is 300 g/mol. The van der Waals surface area contributed by atoms with Crippen LogP contribution < -0.4 is 16.0 Å². The minimum atomic E-state index is -0.465. The third-order valence-corrected chi connectivity index (χ3v) is 3.39. The molecule has 21 heavy (non-hydrogen) atoms. The standard InChI is InChI=1S/C14H28N4O3/c1-3-8-18(10-12-5-4-6-15-12)11-13(19)17-14(20)16-7-9-21-2/h12,15H,3-11H2,1-2H3,(H2,16,17,19,20). The number of amides is 3. The molecule has 0 aliphatic carbocycles. The van der Waals surface area contributed by atoms with Gasteiger partial charge in [0.05, 0.1) is 13.2 Å². The maximum Gasteiger partial charge on any atom is 0.321 e. The number of hydrogen-bond acceptors (Lipinski definition) is 5. The van der Waals surface area contributed by atoms with Gasteiger partial charge in [0.25, 0.3) is 0 Å². The zero-order valence-corrected chi connectivity index (χ0v) is 13.1. The third-order valence-electron chi connectivity index (χ3n) is 3.39. The first-order valence-electron chi connectivity index (χ1n) is 7.68. The SMILES string of the molecule is CCCN(CC(=O)NC(=O)NCCOC)CC1CCCN1. The summed E-state index contributed by atoms with van der Waals surface area (Å²) in [6.45, 7) is 5.92. The van der Waals surface area contributed by atoms with Crippen molar-refractivity contribution in [2.24, 2.45) is 0 Å². The Morgan fingerprint density at radius 3 is 2.86 bits per heavy atom. The van der Waals surface area contributed by atoms with Crippen molar-refractivity contribution in [2.45, 2.75) is 32.2 Å². The first kappa shape index (κ1) is 17.9. The molecule has 3 amide bonds. The Balaban J connectivity index is 2.28. The Morgan fingerprint density at radius 2 is 2.24 bits per heavy atom. The highest BCUT2D eigenvalue weighted by Gasteiger charge is 2.19. The Labute approximate surface area is 126 Å². The van der Waals surface area contributed by atoms with E-state index in [1.807, 2.05) is 0 Å². The van der Waals surface area contributed by atoms with Crippen LogP contribution in [0.2, 0.25) is 0 Å². The van der Waals surface area contributed by atoms with Gasteiger partial charge in [0.15, 0.2) is 0 Å². The molecule has 1 aliphatic rings. The van der Waals surface area contributed by atoms with E-state index in [2.05, 4.69) is 27.8 Å². The Kier molecular flexibility index (Phi) is 8.96. The molecule has 3 N–H and O–H groups in total. The average molecular weight is 300 g/mol. The summed E-state index contributed by atoms with van der Waals surface area (Å²) in [6.07, 6.45) is 3.33. The van der Waals surface area contributed by atoms with E-state index in [0.29, 0.717) is 19.2 Å². The van der Waals surface area contributed by atoms with Gasteiger partial charge in [-0.15, -0.1) is 0 Å². The summed E-state index contributed by atoms with van der Waals surface area (Å²) < 4.78 is 4.83. The van der Waals surface area contributed by atoms with Crippen molar-refractivity contribution in [3.63, 3.8) is 0 Å². The fourth-order valence-corrected chi connectivity index (χ4v) is 2.46. The lowest BCUT2D eigenvalue weighted by Crippen LogP contribution is -2.47. The summed E-state index contributed by atoms with van der Waals surface area (Å²) in [6, 6.07) is -0.00707. The predicted molar refractivity (Wildman–Crippen MR) is 81.2 cm³/mol. The van der Waals surface area contributed by atoms with Crippen LogP contribution in [-0.2, 0) is 9.53 Å². The summed E-state index contributed by atoms with van der Waals surface area (Å²) >= 11 is 0. The largest absolute Gasteiger partial charge is 0.383 e. The number of carbonyl (C=O) groups excluding carboxylic acids is 2. The predicted octanol–water partition coefficient (Wildman–Crippen LogP) is -0.0774. The van der Waals surface area contributed by atoms with Gasteiger partial charge in [-0.25, -0.2) is 4.79 Å². The van der Waals surface area contributed by atoms with Gasteiger partial charge in [-0.1, -0.05) is 6.92 Å². The molecule has 7 nitrogen and oxygen atoms in total. The number of imide groups is 1. The molecule has 0 saturated carbocycles. The van der Waals surface area contributed by atoms with Gasteiger partial charge in [0.2, 0.25) is 5.91 Å². The molecule has 7 heteroatoms. The zero-order valence-electron chi connectivity index (χ0n) is 13.1. The van der Waals surface area contributed by atoms with Crippen LogP contribution in [0.4, 0.5) is 4.79 Å². The molecular weight excluding hydrogens is 272 g/mol. The van der Waals surface area contributed by atoms with Gasteiger partial charge >= 0.3 is 6.03 Å². The summed E-state index contributed by atoms with van der Waals surface area (Å²) in [5.74, 6) is -0.267. The van der Waals surface area contributed by atoms with Crippen molar-refractivity contribution in [1.82, 2.24) is 20.9 Å². The molecule has 0 aromatic carbocycles. The van der Waals surface area contributed by atoms with E-state index in [9.17, 15) is 9.59 Å². The lowest BCUT2D eigenvalue weighted by Gasteiger charge is -2.24. The van der Waals surface area contributed by atoms with Crippen LogP contribution in [0.5, 0.6) is 0 Å². The Hall–Kier alpha value is -1.18. The van der Waals surface area contributed by atoms with E-state index in [4.69, 9.17) is 4.74 Å². The van der Waals surface area contributed by atoms with Gasteiger partial charge in [0, 0.05) is 26.2 Å². The van der Waals surface area contributed by atoms with Crippen LogP contribution in [0.25, 0.3) is 0 Å². The molecule has 0 bridgehead atoms. The van der Waals surface area contributed by atoms with Crippen molar-refractivity contribution < 1.29 is 14.3 Å². The minimum absolute atomic E-state index is 0.254. The number of hydrogen-bond donors (Lipinski definition) is 3. The van der Waals surface area contributed by atoms with Crippen molar-refractivity contribution in [1.29, 1.82) is 0 Å². The molecule has 1 saturated heterocycles. The molecule has 122 valence electrons. The molecule has 0 radical (unpaired) electrons. The number of methoxy groups -OCH3 is 1. The molecule has 1 fully saturated rings. The Morgan fingerprint density at radius 1 is 1.43 bits per heavy atom. The molecule has 1 unspecified atom stereocenters. The number of rotatable bonds is 9. The average Bonchev–Trinajstić information content (AvgIpc) is 2.92. The van der Waals surface area contributed by atoms with Crippen LogP contribution in [0.15, 0.2) is 0 Å². The van der Waals surface area contributed by atoms with Crippen molar-refractivity contribution >= 4 is 11.9 Å². The first-order valence-corrected chi connectivity index (χ1v) is 7.68.